The summed E-state index contributed by atoms with van der Waals surface area (Å²) in [4.78, 5) is 39.2. The predicted octanol–water partition coefficient (Wildman–Crippen LogP) is 4.11. The van der Waals surface area contributed by atoms with Gasteiger partial charge in [-0.1, -0.05) is 26.0 Å². The molecule has 0 spiro atoms. The van der Waals surface area contributed by atoms with Gasteiger partial charge in [-0.15, -0.1) is 5.06 Å². The number of hydrogen-bond acceptors (Lipinski definition) is 20. The average molecular weight is 1260 g/mol. The Balaban J connectivity index is 1.17. The number of hydroxylamine groups is 2. The lowest BCUT2D eigenvalue weighted by molar-refractivity contribution is -0.441. The number of rotatable bonds is 29. The minimum Gasteiger partial charge on any atom is -0.378 e. The standard InChI is InChI=1S/C52H63N3O23S5/c1-51(2)44(8-6-9-45-52(3,17-7-29-80(61,62)63)50-39-31-35(82(67,68)69)33-43(83(70,71)72)37(39)11-13-41(50)54(45)18-21-73-4)53(40-12-10-36-38(49(40)51)30-34(81(64,65)66)32-42(36)79(5,59)60)19-22-75-24-26-77-28-27-76-25-23-74-20-16-48(58)78-55-46(56)14-15-47(55)57/h6,8-13,30-33H,7,14-29H2,1-5H3,(H3-,61,62,63,64,65,66,67,68,69,70,71,72)/p+1. The van der Waals surface area contributed by atoms with E-state index >= 15 is 0 Å². The molecule has 0 aromatic heterocycles. The highest BCUT2D eigenvalue weighted by molar-refractivity contribution is 7.91. The van der Waals surface area contributed by atoms with Gasteiger partial charge in [-0.25, -0.2) is 13.2 Å². The normalized spacial score (nSPS) is 18.2. The fraction of sp³-hybridized carbons (Fsp3) is 0.462. The molecule has 1 saturated heterocycles. The fourth-order valence-corrected chi connectivity index (χ4v) is 14.0. The number of carbonyl (C=O) groups is 3. The van der Waals surface area contributed by atoms with Crippen molar-refractivity contribution in [3.8, 4) is 0 Å². The third kappa shape index (κ3) is 14.9. The summed E-state index contributed by atoms with van der Waals surface area (Å²) in [5.41, 5.74) is 0.275. The first-order valence-corrected chi connectivity index (χ1v) is 33.5. The summed E-state index contributed by atoms with van der Waals surface area (Å²) < 4.78 is 198. The molecular formula is C52H64N3O23S5+. The van der Waals surface area contributed by atoms with E-state index in [1.165, 1.54) is 25.3 Å². The molecular weight excluding hydrogens is 1190 g/mol. The lowest BCUT2D eigenvalue weighted by Gasteiger charge is -2.27. The SMILES string of the molecule is COCC[N+]1=C(/C=C/C=C2/N(CCOCCOCCOCCOCCC(=O)ON3C(=O)CCC3=O)c3ccc4c(S(C)(=O)=O)cc(S(=O)(=O)O)cc4c3C2(C)C)C(C)(CCCS(=O)(=O)O)c2c1ccc1c(S(=O)(=O)O)cc(S(=O)(=O)O)cc21. The number of hydrogen-bond donors (Lipinski definition) is 4. The number of carbonyl (C=O) groups excluding carboxylic acids is 3. The molecule has 0 bridgehead atoms. The molecule has 1 unspecified atom stereocenters. The van der Waals surface area contributed by atoms with Crippen molar-refractivity contribution in [2.24, 2.45) is 0 Å². The van der Waals surface area contributed by atoms with Crippen molar-refractivity contribution < 1.29 is 108 Å². The first-order chi connectivity index (χ1) is 38.7. The summed E-state index contributed by atoms with van der Waals surface area (Å²) in [5, 5.41) is 0.695. The monoisotopic (exact) mass is 1260 g/mol. The molecule has 3 heterocycles. The Bertz CT molecular complexity index is 3900. The zero-order chi connectivity index (χ0) is 61.1. The topological polar surface area (TPSA) is 368 Å². The van der Waals surface area contributed by atoms with E-state index in [0.29, 0.717) is 39.5 Å². The van der Waals surface area contributed by atoms with Gasteiger partial charge >= 0.3 is 5.97 Å². The van der Waals surface area contributed by atoms with Crippen molar-refractivity contribution in [1.29, 1.82) is 0 Å². The van der Waals surface area contributed by atoms with Crippen molar-refractivity contribution in [1.82, 2.24) is 5.06 Å². The van der Waals surface area contributed by atoms with Crippen molar-refractivity contribution >= 4 is 107 Å². The van der Waals surface area contributed by atoms with Crippen LogP contribution in [0.25, 0.3) is 21.5 Å². The highest BCUT2D eigenvalue weighted by Gasteiger charge is 2.49. The van der Waals surface area contributed by atoms with E-state index in [1.54, 1.807) is 41.9 Å². The number of fused-ring (bicyclic) bond motifs is 6. The Morgan fingerprint density at radius 1 is 0.663 bits per heavy atom. The van der Waals surface area contributed by atoms with E-state index in [2.05, 4.69) is 0 Å². The van der Waals surface area contributed by atoms with Crippen LogP contribution in [-0.2, 0) is 104 Å². The minimum atomic E-state index is -5.14. The largest absolute Gasteiger partial charge is 0.378 e. The fourth-order valence-electron chi connectivity index (χ4n) is 10.6. The maximum Gasteiger partial charge on any atom is 0.335 e. The molecule has 83 heavy (non-hydrogen) atoms. The summed E-state index contributed by atoms with van der Waals surface area (Å²) >= 11 is 0. The van der Waals surface area contributed by atoms with Gasteiger partial charge < -0.3 is 33.4 Å². The van der Waals surface area contributed by atoms with Crippen molar-refractivity contribution in [2.45, 2.75) is 83.3 Å². The molecule has 4 aromatic carbocycles. The second-order valence-electron chi connectivity index (χ2n) is 20.3. The quantitative estimate of drug-likeness (QED) is 0.0257. The summed E-state index contributed by atoms with van der Waals surface area (Å²) in [5.74, 6) is -2.66. The van der Waals surface area contributed by atoms with Gasteiger partial charge in [0.25, 0.3) is 52.3 Å². The van der Waals surface area contributed by atoms with Crippen LogP contribution in [0.3, 0.4) is 0 Å². The van der Waals surface area contributed by atoms with E-state index in [1.807, 2.05) is 18.7 Å². The van der Waals surface area contributed by atoms with Crippen LogP contribution >= 0.6 is 0 Å². The van der Waals surface area contributed by atoms with E-state index in [4.69, 9.17) is 28.5 Å². The van der Waals surface area contributed by atoms with Crippen LogP contribution in [0.5, 0.6) is 0 Å². The zero-order valence-electron chi connectivity index (χ0n) is 45.8. The van der Waals surface area contributed by atoms with Gasteiger partial charge in [0.15, 0.2) is 22.1 Å². The van der Waals surface area contributed by atoms with Crippen molar-refractivity contribution in [3.63, 3.8) is 0 Å². The molecule has 31 heteroatoms. The average Bonchev–Trinajstić information content (AvgIpc) is 3.88. The lowest BCUT2D eigenvalue weighted by Crippen LogP contribution is -2.33. The van der Waals surface area contributed by atoms with Crippen LogP contribution in [0, 0.1) is 0 Å². The van der Waals surface area contributed by atoms with Crippen molar-refractivity contribution in [2.75, 3.05) is 96.6 Å². The van der Waals surface area contributed by atoms with Gasteiger partial charge in [0, 0.05) is 78.0 Å². The first kappa shape index (κ1) is 64.9. The molecule has 0 saturated carbocycles. The van der Waals surface area contributed by atoms with Crippen LogP contribution < -0.4 is 4.90 Å². The molecule has 4 N–H and O–H groups in total. The smallest absolute Gasteiger partial charge is 0.335 e. The third-order valence-corrected chi connectivity index (χ3v) is 18.7. The second-order valence-corrected chi connectivity index (χ2v) is 28.1. The number of amides is 2. The molecule has 0 radical (unpaired) electrons. The Kier molecular flexibility index (Phi) is 19.9. The maximum atomic E-state index is 13.2. The molecule has 7 rings (SSSR count). The summed E-state index contributed by atoms with van der Waals surface area (Å²) in [6.07, 6.45) is 5.56. The number of nitrogens with zero attached hydrogens (tertiary/aromatic N) is 3. The first-order valence-electron chi connectivity index (χ1n) is 25.7. The summed E-state index contributed by atoms with van der Waals surface area (Å²) in [7, 11) is -22.4. The number of sulfone groups is 1. The predicted molar refractivity (Wildman–Crippen MR) is 298 cm³/mol. The van der Waals surface area contributed by atoms with Crippen LogP contribution in [0.1, 0.15) is 64.0 Å². The Morgan fingerprint density at radius 2 is 1.19 bits per heavy atom. The summed E-state index contributed by atoms with van der Waals surface area (Å²) in [6, 6.07) is 9.88. The second kappa shape index (κ2) is 25.5. The van der Waals surface area contributed by atoms with Gasteiger partial charge in [-0.2, -0.15) is 38.2 Å². The van der Waals surface area contributed by atoms with Gasteiger partial charge in [0.05, 0.1) is 85.1 Å². The molecule has 1 atom stereocenters. The number of anilines is 1. The number of ether oxygens (including phenoxy) is 5. The van der Waals surface area contributed by atoms with Crippen LogP contribution in [0.2, 0.25) is 0 Å². The third-order valence-electron chi connectivity index (χ3n) is 14.2. The molecule has 2 amide bonds. The molecule has 0 aliphatic carbocycles. The van der Waals surface area contributed by atoms with Crippen LogP contribution in [-0.4, -0.2) is 185 Å². The van der Waals surface area contributed by atoms with Crippen LogP contribution in [0.15, 0.2) is 92.0 Å². The molecule has 3 aliphatic heterocycles. The van der Waals surface area contributed by atoms with E-state index in [-0.39, 0.29) is 137 Å². The Morgan fingerprint density at radius 3 is 1.73 bits per heavy atom. The highest BCUT2D eigenvalue weighted by Crippen LogP contribution is 2.52. The maximum absolute atomic E-state index is 13.2. The van der Waals surface area contributed by atoms with Gasteiger partial charge in [-0.3, -0.25) is 27.8 Å². The summed E-state index contributed by atoms with van der Waals surface area (Å²) in [6.45, 7) is 6.74. The highest BCUT2D eigenvalue weighted by atomic mass is 32.2. The van der Waals surface area contributed by atoms with Gasteiger partial charge in [0.1, 0.15) is 11.5 Å². The van der Waals surface area contributed by atoms with Crippen molar-refractivity contribution in [3.05, 3.63) is 83.6 Å². The molecule has 1 fully saturated rings. The lowest BCUT2D eigenvalue weighted by atomic mass is 9.74. The number of imide groups is 1. The van der Waals surface area contributed by atoms with Gasteiger partial charge in [-0.05, 0) is 78.6 Å². The Labute approximate surface area is 480 Å². The van der Waals surface area contributed by atoms with Crippen LogP contribution in [0.4, 0.5) is 11.4 Å². The molecule has 4 aromatic rings. The van der Waals surface area contributed by atoms with E-state index in [0.717, 1.165) is 18.4 Å². The van der Waals surface area contributed by atoms with E-state index in [9.17, 15) is 74.7 Å². The number of benzene rings is 4. The molecule has 26 nitrogen and oxygen atoms in total. The molecule has 3 aliphatic rings. The molecule has 454 valence electrons. The Hall–Kier alpha value is -5.65. The van der Waals surface area contributed by atoms with E-state index < -0.39 is 99.4 Å². The zero-order valence-corrected chi connectivity index (χ0v) is 49.9. The number of methoxy groups -OCH3 is 1. The minimum absolute atomic E-state index is 0.0189. The number of allylic oxidation sites excluding steroid dienone is 4. The van der Waals surface area contributed by atoms with Gasteiger partial charge in [0.2, 0.25) is 5.69 Å².